The number of nitrogens with two attached hydrogens (primary N) is 1. The van der Waals surface area contributed by atoms with Crippen molar-refractivity contribution in [2.45, 2.75) is 19.3 Å². The van der Waals surface area contributed by atoms with Gasteiger partial charge in [-0.3, -0.25) is 4.99 Å². The van der Waals surface area contributed by atoms with Crippen LogP contribution in [0.4, 0.5) is 13.2 Å². The number of nitrogens with one attached hydrogen (secondary N) is 1. The van der Waals surface area contributed by atoms with Crippen LogP contribution in [0.3, 0.4) is 0 Å². The number of fused-ring (bicyclic) bond motifs is 1. The molecule has 3 aromatic rings. The van der Waals surface area contributed by atoms with Crippen LogP contribution in [0.25, 0.3) is 11.0 Å². The molecule has 3 N–H and O–H groups in total. The van der Waals surface area contributed by atoms with Gasteiger partial charge in [0.1, 0.15) is 17.7 Å². The van der Waals surface area contributed by atoms with Crippen LogP contribution in [0.2, 0.25) is 5.02 Å². The highest BCUT2D eigenvalue weighted by molar-refractivity contribution is 6.31. The molecule has 0 bridgehead atoms. The Morgan fingerprint density at radius 2 is 2.03 bits per heavy atom. The maximum atomic E-state index is 12.2. The van der Waals surface area contributed by atoms with Gasteiger partial charge in [0.15, 0.2) is 0 Å². The monoisotopic (exact) mass is 435 g/mol. The van der Waals surface area contributed by atoms with E-state index in [0.717, 1.165) is 22.2 Å². The van der Waals surface area contributed by atoms with Gasteiger partial charge in [-0.25, -0.2) is 9.98 Å². The van der Waals surface area contributed by atoms with Crippen LogP contribution in [0.5, 0.6) is 5.75 Å². The van der Waals surface area contributed by atoms with Crippen LogP contribution in [0.1, 0.15) is 11.1 Å². The average molecular weight is 436 g/mol. The number of pyridine rings is 1. The number of allylic oxidation sites excluding steroid dienone is 1. The predicted octanol–water partition coefficient (Wildman–Crippen LogP) is 4.80. The third kappa shape index (κ3) is 6.08. The number of halogens is 4. The summed E-state index contributed by atoms with van der Waals surface area (Å²) in [5.74, 6) is -0.278. The van der Waals surface area contributed by atoms with Gasteiger partial charge in [-0.05, 0) is 41.1 Å². The first-order valence-electron chi connectivity index (χ1n) is 8.72. The number of aromatic nitrogens is 2. The lowest BCUT2D eigenvalue weighted by Crippen LogP contribution is -2.16. The van der Waals surface area contributed by atoms with Crippen molar-refractivity contribution >= 4 is 35.2 Å². The third-order valence-electron chi connectivity index (χ3n) is 4.01. The van der Waals surface area contributed by atoms with Gasteiger partial charge in [0.25, 0.3) is 0 Å². The number of aromatic amines is 1. The van der Waals surface area contributed by atoms with Gasteiger partial charge in [-0.15, -0.1) is 13.2 Å². The van der Waals surface area contributed by atoms with E-state index in [1.807, 2.05) is 12.3 Å². The van der Waals surface area contributed by atoms with E-state index in [1.54, 1.807) is 12.4 Å². The highest BCUT2D eigenvalue weighted by Gasteiger charge is 2.30. The third-order valence-corrected chi connectivity index (χ3v) is 4.22. The van der Waals surface area contributed by atoms with Crippen LogP contribution >= 0.6 is 11.6 Å². The van der Waals surface area contributed by atoms with Crippen molar-refractivity contribution in [3.8, 4) is 5.75 Å². The van der Waals surface area contributed by atoms with Gasteiger partial charge in [-0.2, -0.15) is 0 Å². The summed E-state index contributed by atoms with van der Waals surface area (Å²) >= 11 is 6.01. The van der Waals surface area contributed by atoms with Gasteiger partial charge < -0.3 is 15.5 Å². The molecule has 10 heteroatoms. The number of aliphatic imine (C=N–C) groups is 2. The molecule has 0 unspecified atom stereocenters. The number of benzene rings is 1. The fraction of sp³-hybridized carbons (Fsp3) is 0.150. The molecule has 0 aliphatic rings. The molecule has 2 aromatic heterocycles. The molecule has 1 aromatic carbocycles. The van der Waals surface area contributed by atoms with Crippen molar-refractivity contribution in [2.24, 2.45) is 15.7 Å². The Morgan fingerprint density at radius 1 is 1.27 bits per heavy atom. The average Bonchev–Trinajstić information content (AvgIpc) is 3.08. The Kier molecular flexibility index (Phi) is 6.73. The van der Waals surface area contributed by atoms with E-state index in [1.165, 1.54) is 36.8 Å². The molecule has 0 aliphatic heterocycles. The maximum Gasteiger partial charge on any atom is 0.573 e. The number of rotatable bonds is 7. The number of H-pyrrole nitrogens is 1. The van der Waals surface area contributed by atoms with Crippen LogP contribution in [0.15, 0.2) is 64.5 Å². The Hall–Kier alpha value is -3.33. The highest BCUT2D eigenvalue weighted by atomic mass is 35.5. The number of nitrogens with zero attached hydrogens (tertiary/aromatic N) is 3. The van der Waals surface area contributed by atoms with Crippen LogP contribution in [-0.2, 0) is 13.0 Å². The number of ether oxygens (including phenoxy) is 1. The Morgan fingerprint density at radius 3 is 2.73 bits per heavy atom. The second-order valence-electron chi connectivity index (χ2n) is 6.21. The van der Waals surface area contributed by atoms with Crippen molar-refractivity contribution in [2.75, 3.05) is 0 Å². The topological polar surface area (TPSA) is 88.6 Å². The van der Waals surface area contributed by atoms with E-state index in [-0.39, 0.29) is 12.3 Å². The minimum absolute atomic E-state index is 0.262. The number of hydrogen-bond donors (Lipinski definition) is 2. The minimum atomic E-state index is -4.71. The van der Waals surface area contributed by atoms with E-state index in [2.05, 4.69) is 24.7 Å². The van der Waals surface area contributed by atoms with Gasteiger partial charge in [0.05, 0.1) is 11.6 Å². The lowest BCUT2D eigenvalue weighted by molar-refractivity contribution is -0.274. The van der Waals surface area contributed by atoms with Crippen LogP contribution < -0.4 is 10.5 Å². The molecule has 2 heterocycles. The second-order valence-corrected chi connectivity index (χ2v) is 6.64. The van der Waals surface area contributed by atoms with E-state index in [0.29, 0.717) is 17.0 Å². The zero-order valence-electron chi connectivity index (χ0n) is 15.5. The molecule has 0 amide bonds. The molecule has 0 saturated heterocycles. The molecule has 0 aliphatic carbocycles. The molecule has 6 nitrogen and oxygen atoms in total. The maximum absolute atomic E-state index is 12.2. The Labute approximate surface area is 175 Å². The van der Waals surface area contributed by atoms with Crippen LogP contribution in [0, 0.1) is 0 Å². The SMILES string of the molecule is NC=C(C=NC=NCc1ccc(OC(F)(F)F)cc1)Cc1c[nH]c2ncc(Cl)cc12. The quantitative estimate of drug-likeness (QED) is 0.412. The van der Waals surface area contributed by atoms with E-state index < -0.39 is 6.36 Å². The van der Waals surface area contributed by atoms with E-state index >= 15 is 0 Å². The van der Waals surface area contributed by atoms with Crippen molar-refractivity contribution in [1.82, 2.24) is 9.97 Å². The first kappa shape index (κ1) is 21.4. The van der Waals surface area contributed by atoms with Crippen molar-refractivity contribution in [3.63, 3.8) is 0 Å². The largest absolute Gasteiger partial charge is 0.573 e. The highest BCUT2D eigenvalue weighted by Crippen LogP contribution is 2.23. The zero-order valence-corrected chi connectivity index (χ0v) is 16.3. The molecule has 3 rings (SSSR count). The summed E-state index contributed by atoms with van der Waals surface area (Å²) in [4.78, 5) is 15.5. The summed E-state index contributed by atoms with van der Waals surface area (Å²) < 4.78 is 40.3. The molecule has 0 spiro atoms. The van der Waals surface area contributed by atoms with Gasteiger partial charge in [0, 0.05) is 30.4 Å². The number of alkyl halides is 3. The summed E-state index contributed by atoms with van der Waals surface area (Å²) in [5, 5.41) is 1.45. The van der Waals surface area contributed by atoms with E-state index in [9.17, 15) is 13.2 Å². The number of hydrogen-bond acceptors (Lipinski definition) is 4. The van der Waals surface area contributed by atoms with Crippen molar-refractivity contribution < 1.29 is 17.9 Å². The molecule has 0 radical (unpaired) electrons. The lowest BCUT2D eigenvalue weighted by Gasteiger charge is -2.08. The normalized spacial score (nSPS) is 13.0. The molecular weight excluding hydrogens is 419 g/mol. The van der Waals surface area contributed by atoms with Crippen molar-refractivity contribution in [1.29, 1.82) is 0 Å². The lowest BCUT2D eigenvalue weighted by atomic mass is 10.1. The summed E-state index contributed by atoms with van der Waals surface area (Å²) in [7, 11) is 0. The van der Waals surface area contributed by atoms with Gasteiger partial charge in [0.2, 0.25) is 0 Å². The first-order valence-corrected chi connectivity index (χ1v) is 9.10. The Bertz CT molecular complexity index is 1090. The van der Waals surface area contributed by atoms with Crippen LogP contribution in [-0.4, -0.2) is 28.9 Å². The van der Waals surface area contributed by atoms with E-state index in [4.69, 9.17) is 17.3 Å². The smallest absolute Gasteiger partial charge is 0.406 e. The second kappa shape index (κ2) is 9.45. The fourth-order valence-electron chi connectivity index (χ4n) is 2.67. The molecule has 0 atom stereocenters. The minimum Gasteiger partial charge on any atom is -0.406 e. The van der Waals surface area contributed by atoms with Crippen molar-refractivity contribution in [3.05, 3.63) is 70.6 Å². The molecule has 30 heavy (non-hydrogen) atoms. The molecule has 0 saturated carbocycles. The summed E-state index contributed by atoms with van der Waals surface area (Å²) in [6, 6.07) is 7.30. The first-order chi connectivity index (χ1) is 14.3. The van der Waals surface area contributed by atoms with Gasteiger partial charge in [-0.1, -0.05) is 23.7 Å². The molecular formula is C20H17ClF3N5O. The standard InChI is InChI=1S/C20H17ClF3N5O/c21-16-6-18-15(10-28-19(18)29-11-16)5-14(7-25)9-27-12-26-8-13-1-3-17(4-2-13)30-20(22,23)24/h1-4,6-7,9-12H,5,8,25H2,(H,28,29). The predicted molar refractivity (Wildman–Crippen MR) is 111 cm³/mol. The van der Waals surface area contributed by atoms with Gasteiger partial charge >= 0.3 is 6.36 Å². The summed E-state index contributed by atoms with van der Waals surface area (Å²) in [6.45, 7) is 0.262. The fourth-order valence-corrected chi connectivity index (χ4v) is 2.82. The molecule has 156 valence electrons. The Balaban J connectivity index is 1.55. The summed E-state index contributed by atoms with van der Waals surface area (Å²) in [6.07, 6.45) is 3.62. The zero-order chi connectivity index (χ0) is 21.6. The molecule has 0 fully saturated rings. The summed E-state index contributed by atoms with van der Waals surface area (Å²) in [5.41, 5.74) is 8.87.